The monoisotopic (exact) mass is 286 g/mol. The molecule has 0 fully saturated rings. The van der Waals surface area contributed by atoms with Crippen molar-refractivity contribution in [2.75, 3.05) is 6.54 Å². The van der Waals surface area contributed by atoms with Gasteiger partial charge in [0.25, 0.3) is 0 Å². The van der Waals surface area contributed by atoms with Gasteiger partial charge in [-0.2, -0.15) is 4.98 Å². The van der Waals surface area contributed by atoms with Gasteiger partial charge in [-0.25, -0.2) is 0 Å². The topological polar surface area (TPSA) is 80.0 Å². The molecular formula is C15H18N4O2. The van der Waals surface area contributed by atoms with Gasteiger partial charge in [0.2, 0.25) is 11.8 Å². The molecule has 21 heavy (non-hydrogen) atoms. The molecule has 0 saturated carbocycles. The highest BCUT2D eigenvalue weighted by molar-refractivity contribution is 5.82. The van der Waals surface area contributed by atoms with E-state index in [1.807, 2.05) is 12.1 Å². The molecule has 0 spiro atoms. The third kappa shape index (κ3) is 3.28. The second-order valence-corrected chi connectivity index (χ2v) is 5.18. The second-order valence-electron chi connectivity index (χ2n) is 5.18. The maximum absolute atomic E-state index is 12.2. The first-order chi connectivity index (χ1) is 10.2. The molecule has 0 bridgehead atoms. The zero-order chi connectivity index (χ0) is 14.7. The smallest absolute Gasteiger partial charge is 0.237 e. The van der Waals surface area contributed by atoms with E-state index in [0.717, 1.165) is 13.0 Å². The molecule has 0 unspecified atom stereocenters. The lowest BCUT2D eigenvalue weighted by atomic mass is 9.95. The van der Waals surface area contributed by atoms with Crippen molar-refractivity contribution in [3.63, 3.8) is 0 Å². The first-order valence-corrected chi connectivity index (χ1v) is 7.09. The first-order valence-electron chi connectivity index (χ1n) is 7.09. The average Bonchev–Trinajstić information content (AvgIpc) is 2.92. The molecule has 0 radical (unpaired) electrons. The van der Waals surface area contributed by atoms with Crippen molar-refractivity contribution in [2.45, 2.75) is 32.4 Å². The summed E-state index contributed by atoms with van der Waals surface area (Å²) in [5.74, 6) is 1.18. The minimum absolute atomic E-state index is 0.0183. The second kappa shape index (κ2) is 6.05. The van der Waals surface area contributed by atoms with Crippen LogP contribution in [0.5, 0.6) is 0 Å². The van der Waals surface area contributed by atoms with Crippen LogP contribution in [0.15, 0.2) is 28.8 Å². The van der Waals surface area contributed by atoms with Gasteiger partial charge in [-0.15, -0.1) is 0 Å². The van der Waals surface area contributed by atoms with Crippen LogP contribution < -0.4 is 10.6 Å². The first kappa shape index (κ1) is 13.8. The van der Waals surface area contributed by atoms with Gasteiger partial charge >= 0.3 is 0 Å². The molecule has 2 aromatic rings. The van der Waals surface area contributed by atoms with Crippen LogP contribution in [0.1, 0.15) is 22.8 Å². The van der Waals surface area contributed by atoms with Gasteiger partial charge in [-0.1, -0.05) is 29.4 Å². The molecule has 0 aliphatic carbocycles. The fourth-order valence-electron chi connectivity index (χ4n) is 2.50. The van der Waals surface area contributed by atoms with Crippen molar-refractivity contribution >= 4 is 5.91 Å². The Morgan fingerprint density at radius 2 is 2.24 bits per heavy atom. The van der Waals surface area contributed by atoms with E-state index in [0.29, 0.717) is 24.7 Å². The minimum Gasteiger partial charge on any atom is -0.354 e. The Balaban J connectivity index is 1.50. The zero-order valence-corrected chi connectivity index (χ0v) is 11.9. The molecule has 1 aliphatic rings. The van der Waals surface area contributed by atoms with Crippen LogP contribution in [-0.4, -0.2) is 28.6 Å². The summed E-state index contributed by atoms with van der Waals surface area (Å²) in [4.78, 5) is 16.3. The number of nitrogens with one attached hydrogen (secondary N) is 2. The van der Waals surface area contributed by atoms with E-state index in [1.165, 1.54) is 11.1 Å². The Morgan fingerprint density at radius 1 is 1.43 bits per heavy atom. The fourth-order valence-corrected chi connectivity index (χ4v) is 2.50. The van der Waals surface area contributed by atoms with Crippen LogP contribution in [0.2, 0.25) is 0 Å². The molecule has 1 aromatic heterocycles. The molecule has 1 atom stereocenters. The lowest BCUT2D eigenvalue weighted by Crippen LogP contribution is -2.48. The highest BCUT2D eigenvalue weighted by Crippen LogP contribution is 2.16. The lowest BCUT2D eigenvalue weighted by molar-refractivity contribution is -0.123. The third-order valence-electron chi connectivity index (χ3n) is 3.62. The van der Waals surface area contributed by atoms with Crippen LogP contribution in [-0.2, 0) is 24.2 Å². The number of rotatable bonds is 4. The van der Waals surface area contributed by atoms with Gasteiger partial charge in [0.05, 0.1) is 6.04 Å². The van der Waals surface area contributed by atoms with E-state index in [-0.39, 0.29) is 11.9 Å². The average molecular weight is 286 g/mol. The van der Waals surface area contributed by atoms with E-state index < -0.39 is 0 Å². The largest absolute Gasteiger partial charge is 0.354 e. The molecular weight excluding hydrogens is 268 g/mol. The number of hydrogen-bond acceptors (Lipinski definition) is 5. The van der Waals surface area contributed by atoms with Crippen LogP contribution in [0.4, 0.5) is 0 Å². The van der Waals surface area contributed by atoms with Crippen LogP contribution >= 0.6 is 0 Å². The summed E-state index contributed by atoms with van der Waals surface area (Å²) in [6.45, 7) is 2.99. The third-order valence-corrected chi connectivity index (χ3v) is 3.62. The number of nitrogens with zero attached hydrogens (tertiary/aromatic N) is 2. The minimum atomic E-state index is -0.174. The fraction of sp³-hybridized carbons (Fsp3) is 0.400. The standard InChI is InChI=1S/C15H18N4O2/c1-10-18-14(19-21-10)6-7-16-15(20)13-8-11-4-2-3-5-12(11)9-17-13/h2-5,13,17H,6-9H2,1H3,(H,16,20)/t13-/m1/s1. The maximum atomic E-state index is 12.2. The highest BCUT2D eigenvalue weighted by atomic mass is 16.5. The molecule has 1 amide bonds. The van der Waals surface area contributed by atoms with Crippen LogP contribution in [0, 0.1) is 6.92 Å². The van der Waals surface area contributed by atoms with Crippen LogP contribution in [0.25, 0.3) is 0 Å². The number of amides is 1. The summed E-state index contributed by atoms with van der Waals surface area (Å²) in [6.07, 6.45) is 1.30. The summed E-state index contributed by atoms with van der Waals surface area (Å²) in [6, 6.07) is 8.03. The number of aryl methyl sites for hydroxylation is 1. The number of fused-ring (bicyclic) bond motifs is 1. The Labute approximate surface area is 122 Å². The van der Waals surface area contributed by atoms with Crippen molar-refractivity contribution in [3.8, 4) is 0 Å². The highest BCUT2D eigenvalue weighted by Gasteiger charge is 2.23. The molecule has 6 nitrogen and oxygen atoms in total. The van der Waals surface area contributed by atoms with Crippen molar-refractivity contribution in [2.24, 2.45) is 0 Å². The number of hydrogen-bond donors (Lipinski definition) is 2. The van der Waals surface area contributed by atoms with E-state index in [2.05, 4.69) is 32.9 Å². The Hall–Kier alpha value is -2.21. The summed E-state index contributed by atoms with van der Waals surface area (Å²) < 4.78 is 4.89. The molecule has 3 rings (SSSR count). The van der Waals surface area contributed by atoms with Crippen molar-refractivity contribution in [3.05, 3.63) is 47.1 Å². The molecule has 1 aliphatic heterocycles. The molecule has 2 N–H and O–H groups in total. The summed E-state index contributed by atoms with van der Waals surface area (Å²) in [5, 5.41) is 9.99. The van der Waals surface area contributed by atoms with E-state index in [1.54, 1.807) is 6.92 Å². The Bertz CT molecular complexity index is 638. The number of carbonyl (C=O) groups excluding carboxylic acids is 1. The quantitative estimate of drug-likeness (QED) is 0.867. The Morgan fingerprint density at radius 3 is 3.00 bits per heavy atom. The number of aromatic nitrogens is 2. The SMILES string of the molecule is Cc1nc(CCNC(=O)[C@H]2Cc3ccccc3CN2)no1. The number of carbonyl (C=O) groups is 1. The summed E-state index contributed by atoms with van der Waals surface area (Å²) in [5.41, 5.74) is 2.51. The van der Waals surface area contributed by atoms with Crippen molar-refractivity contribution in [1.82, 2.24) is 20.8 Å². The van der Waals surface area contributed by atoms with E-state index >= 15 is 0 Å². The molecule has 1 aromatic carbocycles. The van der Waals surface area contributed by atoms with Gasteiger partial charge in [0.15, 0.2) is 5.82 Å². The summed E-state index contributed by atoms with van der Waals surface area (Å²) >= 11 is 0. The van der Waals surface area contributed by atoms with Gasteiger partial charge in [0.1, 0.15) is 0 Å². The van der Waals surface area contributed by atoms with Gasteiger partial charge in [0, 0.05) is 26.4 Å². The number of benzene rings is 1. The molecule has 110 valence electrons. The van der Waals surface area contributed by atoms with Crippen LogP contribution in [0.3, 0.4) is 0 Å². The summed E-state index contributed by atoms with van der Waals surface area (Å²) in [7, 11) is 0. The molecule has 2 heterocycles. The molecule has 6 heteroatoms. The Kier molecular flexibility index (Phi) is 3.96. The van der Waals surface area contributed by atoms with E-state index in [9.17, 15) is 4.79 Å². The maximum Gasteiger partial charge on any atom is 0.237 e. The van der Waals surface area contributed by atoms with Crippen molar-refractivity contribution in [1.29, 1.82) is 0 Å². The van der Waals surface area contributed by atoms with Crippen molar-refractivity contribution < 1.29 is 9.32 Å². The lowest BCUT2D eigenvalue weighted by Gasteiger charge is -2.25. The van der Waals surface area contributed by atoms with Gasteiger partial charge in [-0.05, 0) is 17.5 Å². The predicted octanol–water partition coefficient (Wildman–Crippen LogP) is 0.751. The van der Waals surface area contributed by atoms with Gasteiger partial charge < -0.3 is 15.2 Å². The van der Waals surface area contributed by atoms with E-state index in [4.69, 9.17) is 4.52 Å². The predicted molar refractivity (Wildman–Crippen MR) is 76.5 cm³/mol. The normalized spacial score (nSPS) is 17.3. The van der Waals surface area contributed by atoms with Gasteiger partial charge in [-0.3, -0.25) is 4.79 Å². The molecule has 0 saturated heterocycles. The zero-order valence-electron chi connectivity index (χ0n) is 11.9.